The van der Waals surface area contributed by atoms with Crippen molar-refractivity contribution in [1.29, 1.82) is 0 Å². The molecule has 144 valence electrons. The van der Waals surface area contributed by atoms with Crippen molar-refractivity contribution in [3.8, 4) is 5.69 Å². The summed E-state index contributed by atoms with van der Waals surface area (Å²) in [5.74, 6) is 1.17. The summed E-state index contributed by atoms with van der Waals surface area (Å²) in [5.41, 5.74) is 5.00. The van der Waals surface area contributed by atoms with Crippen LogP contribution in [0.3, 0.4) is 0 Å². The highest BCUT2D eigenvalue weighted by Crippen LogP contribution is 2.45. The molecular formula is C22H23ClN4O. The first kappa shape index (κ1) is 17.6. The van der Waals surface area contributed by atoms with E-state index in [2.05, 4.69) is 16.1 Å². The van der Waals surface area contributed by atoms with Gasteiger partial charge in [-0.1, -0.05) is 0 Å². The Labute approximate surface area is 169 Å². The topological polar surface area (TPSA) is 50.2 Å². The molecule has 3 aliphatic rings. The molecule has 28 heavy (non-hydrogen) atoms. The Hall–Kier alpha value is -2.53. The van der Waals surface area contributed by atoms with Crippen molar-refractivity contribution in [3.63, 3.8) is 0 Å². The normalized spacial score (nSPS) is 21.6. The van der Waals surface area contributed by atoms with Gasteiger partial charge >= 0.3 is 0 Å². The van der Waals surface area contributed by atoms with Crippen molar-refractivity contribution < 1.29 is 4.79 Å². The van der Waals surface area contributed by atoms with Gasteiger partial charge < -0.3 is 5.32 Å². The van der Waals surface area contributed by atoms with Gasteiger partial charge in [0, 0.05) is 46.8 Å². The molecule has 2 aromatic rings. The molecule has 1 aliphatic heterocycles. The summed E-state index contributed by atoms with van der Waals surface area (Å²) in [6, 6.07) is 10.2. The van der Waals surface area contributed by atoms with Crippen LogP contribution in [-0.4, -0.2) is 26.1 Å². The van der Waals surface area contributed by atoms with Gasteiger partial charge in [-0.3, -0.25) is 9.21 Å². The molecule has 1 aromatic heterocycles. The van der Waals surface area contributed by atoms with Crippen LogP contribution in [0.2, 0.25) is 0 Å². The van der Waals surface area contributed by atoms with E-state index in [9.17, 15) is 4.79 Å². The number of nitrogens with one attached hydrogen (secondary N) is 1. The minimum atomic E-state index is -0.130. The summed E-state index contributed by atoms with van der Waals surface area (Å²) in [6.45, 7) is 1.94. The Balaban J connectivity index is 1.33. The largest absolute Gasteiger partial charge is 0.322 e. The fraction of sp³-hybridized carbons (Fsp3) is 0.364. The average Bonchev–Trinajstić information content (AvgIpc) is 3.63. The summed E-state index contributed by atoms with van der Waals surface area (Å²) >= 11 is 6.00. The Bertz CT molecular complexity index is 967. The van der Waals surface area contributed by atoms with Crippen LogP contribution in [0.4, 0.5) is 5.69 Å². The molecule has 0 saturated heterocycles. The van der Waals surface area contributed by atoms with E-state index in [1.165, 1.54) is 37.1 Å². The van der Waals surface area contributed by atoms with Crippen molar-refractivity contribution in [1.82, 2.24) is 14.2 Å². The lowest BCUT2D eigenvalue weighted by Gasteiger charge is -2.21. The Morgan fingerprint density at radius 3 is 2.50 bits per heavy atom. The highest BCUT2D eigenvalue weighted by Gasteiger charge is 2.32. The number of carbonyl (C=O) groups is 1. The maximum absolute atomic E-state index is 12.5. The second-order valence-electron chi connectivity index (χ2n) is 7.98. The zero-order valence-corrected chi connectivity index (χ0v) is 16.6. The number of aromatic nitrogens is 2. The fourth-order valence-corrected chi connectivity index (χ4v) is 3.70. The standard InChI is InChI=1S/C22H23ClN4O/c1-14-12-17(10-11-26(14)23)22(28)24-18-6-8-19(9-7-18)27-21(16-4-5-16)13-20(25-27)15-2-3-15/h6-16H,2-5H2,1H3,(H,24,28). The molecule has 5 nitrogen and oxygen atoms in total. The van der Waals surface area contributed by atoms with Crippen LogP contribution >= 0.6 is 11.8 Å². The van der Waals surface area contributed by atoms with Gasteiger partial charge in [0.05, 0.1) is 17.4 Å². The average molecular weight is 395 g/mol. The van der Waals surface area contributed by atoms with E-state index in [0.717, 1.165) is 11.4 Å². The van der Waals surface area contributed by atoms with Crippen molar-refractivity contribution in [2.24, 2.45) is 0 Å². The Morgan fingerprint density at radius 1 is 1.14 bits per heavy atom. The SMILES string of the molecule is CC1C=C(C(=O)Nc2ccc(-n3nc(C4CC4)cc3C3CC3)cc2)C=CN1Cl. The lowest BCUT2D eigenvalue weighted by molar-refractivity contribution is -0.112. The number of halogens is 1. The van der Waals surface area contributed by atoms with Gasteiger partial charge in [0.15, 0.2) is 0 Å². The van der Waals surface area contributed by atoms with Gasteiger partial charge in [-0.2, -0.15) is 5.10 Å². The molecule has 0 spiro atoms. The summed E-state index contributed by atoms with van der Waals surface area (Å²) in [7, 11) is 0. The van der Waals surface area contributed by atoms with Crippen LogP contribution in [0.15, 0.2) is 54.3 Å². The first-order valence-electron chi connectivity index (χ1n) is 9.94. The van der Waals surface area contributed by atoms with E-state index >= 15 is 0 Å². The molecule has 2 aliphatic carbocycles. The summed E-state index contributed by atoms with van der Waals surface area (Å²) < 4.78 is 3.64. The number of nitrogens with zero attached hydrogens (tertiary/aromatic N) is 3. The number of amides is 1. The molecule has 2 saturated carbocycles. The number of benzene rings is 1. The minimum absolute atomic E-state index is 0.0175. The van der Waals surface area contributed by atoms with E-state index in [4.69, 9.17) is 16.9 Å². The number of anilines is 1. The monoisotopic (exact) mass is 394 g/mol. The van der Waals surface area contributed by atoms with Crippen molar-refractivity contribution in [2.45, 2.75) is 50.5 Å². The third kappa shape index (κ3) is 3.47. The summed E-state index contributed by atoms with van der Waals surface area (Å²) in [5, 5.41) is 7.84. The quantitative estimate of drug-likeness (QED) is 0.736. The predicted molar refractivity (Wildman–Crippen MR) is 111 cm³/mol. The third-order valence-electron chi connectivity index (χ3n) is 5.59. The van der Waals surface area contributed by atoms with Gasteiger partial charge in [-0.25, -0.2) is 4.68 Å². The molecule has 2 fully saturated rings. The second kappa shape index (κ2) is 6.82. The number of hydrogen-bond donors (Lipinski definition) is 1. The minimum Gasteiger partial charge on any atom is -0.322 e. The molecule has 6 heteroatoms. The first-order valence-corrected chi connectivity index (χ1v) is 10.3. The van der Waals surface area contributed by atoms with Gasteiger partial charge in [0.1, 0.15) is 0 Å². The van der Waals surface area contributed by atoms with Crippen LogP contribution < -0.4 is 5.32 Å². The maximum atomic E-state index is 12.5. The molecule has 5 rings (SSSR count). The van der Waals surface area contributed by atoms with Crippen molar-refractivity contribution >= 4 is 23.4 Å². The molecule has 1 aromatic carbocycles. The molecule has 1 atom stereocenters. The number of carbonyl (C=O) groups excluding carboxylic acids is 1. The predicted octanol–water partition coefficient (Wildman–Crippen LogP) is 4.86. The van der Waals surface area contributed by atoms with Gasteiger partial charge in [-0.15, -0.1) is 0 Å². The van der Waals surface area contributed by atoms with Crippen LogP contribution in [-0.2, 0) is 4.79 Å². The van der Waals surface area contributed by atoms with Gasteiger partial charge in [-0.05, 0) is 75.1 Å². The van der Waals surface area contributed by atoms with E-state index in [1.807, 2.05) is 37.3 Å². The fourth-order valence-electron chi connectivity index (χ4n) is 3.58. The molecule has 1 amide bonds. The third-order valence-corrected chi connectivity index (χ3v) is 6.01. The van der Waals surface area contributed by atoms with Crippen molar-refractivity contribution in [3.05, 3.63) is 65.6 Å². The molecule has 1 N–H and O–H groups in total. The molecular weight excluding hydrogens is 372 g/mol. The zero-order valence-electron chi connectivity index (χ0n) is 15.8. The summed E-state index contributed by atoms with van der Waals surface area (Å²) in [4.78, 5) is 12.5. The van der Waals surface area contributed by atoms with Crippen molar-refractivity contribution in [2.75, 3.05) is 5.32 Å². The van der Waals surface area contributed by atoms with E-state index in [1.54, 1.807) is 16.7 Å². The number of rotatable bonds is 5. The summed E-state index contributed by atoms with van der Waals surface area (Å²) in [6.07, 6.45) is 10.3. The van der Waals surface area contributed by atoms with Crippen LogP contribution in [0, 0.1) is 0 Å². The van der Waals surface area contributed by atoms with E-state index < -0.39 is 0 Å². The maximum Gasteiger partial charge on any atom is 0.255 e. The highest BCUT2D eigenvalue weighted by atomic mass is 35.5. The second-order valence-corrected chi connectivity index (χ2v) is 8.37. The van der Waals surface area contributed by atoms with Gasteiger partial charge in [0.25, 0.3) is 5.91 Å². The lowest BCUT2D eigenvalue weighted by Crippen LogP contribution is -2.23. The van der Waals surface area contributed by atoms with E-state index in [-0.39, 0.29) is 11.9 Å². The van der Waals surface area contributed by atoms with Crippen LogP contribution in [0.5, 0.6) is 0 Å². The Kier molecular flexibility index (Phi) is 4.27. The molecule has 1 unspecified atom stereocenters. The zero-order chi connectivity index (χ0) is 19.3. The Morgan fingerprint density at radius 2 is 1.86 bits per heavy atom. The molecule has 0 radical (unpaired) electrons. The van der Waals surface area contributed by atoms with Crippen LogP contribution in [0.1, 0.15) is 55.8 Å². The highest BCUT2D eigenvalue weighted by molar-refractivity contribution is 6.15. The smallest absolute Gasteiger partial charge is 0.255 e. The first-order chi connectivity index (χ1) is 13.6. The van der Waals surface area contributed by atoms with Crippen LogP contribution in [0.25, 0.3) is 5.69 Å². The van der Waals surface area contributed by atoms with E-state index in [0.29, 0.717) is 17.4 Å². The number of hydrogen-bond acceptors (Lipinski definition) is 3. The molecule has 0 bridgehead atoms. The lowest BCUT2D eigenvalue weighted by atomic mass is 10.1. The molecule has 2 heterocycles. The van der Waals surface area contributed by atoms with Gasteiger partial charge in [0.2, 0.25) is 0 Å².